The molecular weight excluding hydrogens is 328 g/mol. The van der Waals surface area contributed by atoms with Crippen LogP contribution in [-0.2, 0) is 6.54 Å². The van der Waals surface area contributed by atoms with E-state index in [0.29, 0.717) is 6.04 Å². The van der Waals surface area contributed by atoms with Gasteiger partial charge in [-0.3, -0.25) is 4.90 Å². The van der Waals surface area contributed by atoms with E-state index in [0.717, 1.165) is 48.2 Å². The summed E-state index contributed by atoms with van der Waals surface area (Å²) in [6.45, 7) is 5.89. The molecule has 4 rings (SSSR count). The summed E-state index contributed by atoms with van der Waals surface area (Å²) in [7, 11) is 1.68. The molecule has 0 saturated carbocycles. The van der Waals surface area contributed by atoms with Crippen LogP contribution in [0.3, 0.4) is 0 Å². The summed E-state index contributed by atoms with van der Waals surface area (Å²) in [5.41, 5.74) is 3.33. The molecular formula is C20H24N4O2. The average Bonchev–Trinajstić information content (AvgIpc) is 3.37. The molecule has 6 nitrogen and oxygen atoms in total. The Kier molecular flexibility index (Phi) is 4.51. The van der Waals surface area contributed by atoms with Gasteiger partial charge in [-0.2, -0.15) is 0 Å². The molecule has 0 radical (unpaired) electrons. The van der Waals surface area contributed by atoms with Crippen LogP contribution in [0.5, 0.6) is 5.75 Å². The number of likely N-dealkylation sites (tertiary alicyclic amines) is 1. The molecule has 1 fully saturated rings. The van der Waals surface area contributed by atoms with Gasteiger partial charge in [-0.25, -0.2) is 4.98 Å². The smallest absolute Gasteiger partial charge is 0.138 e. The number of hydrogen-bond donors (Lipinski definition) is 0. The highest BCUT2D eigenvalue weighted by atomic mass is 16.5. The Hall–Kier alpha value is -2.60. The molecule has 1 atom stereocenters. The lowest BCUT2D eigenvalue weighted by Gasteiger charge is -2.24. The number of imidazole rings is 1. The molecule has 136 valence electrons. The van der Waals surface area contributed by atoms with E-state index in [1.165, 1.54) is 12.0 Å². The molecule has 0 N–H and O–H groups in total. The monoisotopic (exact) mass is 352 g/mol. The molecule has 0 spiro atoms. The Labute approximate surface area is 153 Å². The van der Waals surface area contributed by atoms with Crippen LogP contribution in [0.15, 0.2) is 41.2 Å². The van der Waals surface area contributed by atoms with E-state index in [2.05, 4.69) is 31.7 Å². The minimum atomic E-state index is 0.349. The second-order valence-corrected chi connectivity index (χ2v) is 6.78. The van der Waals surface area contributed by atoms with Crippen molar-refractivity contribution in [3.8, 4) is 11.4 Å². The first-order chi connectivity index (χ1) is 12.7. The molecule has 1 aliphatic heterocycles. The van der Waals surface area contributed by atoms with Crippen LogP contribution in [0.2, 0.25) is 0 Å². The van der Waals surface area contributed by atoms with Crippen molar-refractivity contribution in [2.45, 2.75) is 39.3 Å². The van der Waals surface area contributed by atoms with E-state index in [9.17, 15) is 0 Å². The highest BCUT2D eigenvalue weighted by Crippen LogP contribution is 2.36. The second-order valence-electron chi connectivity index (χ2n) is 6.78. The summed E-state index contributed by atoms with van der Waals surface area (Å²) < 4.78 is 12.8. The molecule has 1 aromatic carbocycles. The first-order valence-electron chi connectivity index (χ1n) is 9.01. The number of rotatable bonds is 5. The fourth-order valence-electron chi connectivity index (χ4n) is 3.92. The predicted molar refractivity (Wildman–Crippen MR) is 98.5 cm³/mol. The van der Waals surface area contributed by atoms with Crippen LogP contribution in [-0.4, -0.2) is 33.3 Å². The van der Waals surface area contributed by atoms with Crippen LogP contribution in [0, 0.1) is 13.8 Å². The third-order valence-corrected chi connectivity index (χ3v) is 5.20. The molecule has 3 heterocycles. The molecule has 0 bridgehead atoms. The normalized spacial score (nSPS) is 17.7. The highest BCUT2D eigenvalue weighted by molar-refractivity contribution is 5.38. The summed E-state index contributed by atoms with van der Waals surface area (Å²) in [5.74, 6) is 2.82. The van der Waals surface area contributed by atoms with Crippen molar-refractivity contribution < 1.29 is 9.26 Å². The minimum absolute atomic E-state index is 0.349. The topological polar surface area (TPSA) is 56.3 Å². The molecule has 1 saturated heterocycles. The fourth-order valence-corrected chi connectivity index (χ4v) is 3.92. The van der Waals surface area contributed by atoms with E-state index in [1.54, 1.807) is 7.11 Å². The van der Waals surface area contributed by atoms with E-state index < -0.39 is 0 Å². The summed E-state index contributed by atoms with van der Waals surface area (Å²) in [4.78, 5) is 7.09. The molecule has 0 amide bonds. The van der Waals surface area contributed by atoms with E-state index in [4.69, 9.17) is 9.26 Å². The van der Waals surface area contributed by atoms with Gasteiger partial charge >= 0.3 is 0 Å². The van der Waals surface area contributed by atoms with Gasteiger partial charge in [0.15, 0.2) is 0 Å². The maximum atomic E-state index is 5.40. The van der Waals surface area contributed by atoms with Gasteiger partial charge in [0.25, 0.3) is 0 Å². The van der Waals surface area contributed by atoms with E-state index in [-0.39, 0.29) is 0 Å². The Morgan fingerprint density at radius 1 is 1.23 bits per heavy atom. The molecule has 3 aromatic rings. The van der Waals surface area contributed by atoms with Gasteiger partial charge in [-0.15, -0.1) is 0 Å². The van der Waals surface area contributed by atoms with Crippen LogP contribution < -0.4 is 4.74 Å². The van der Waals surface area contributed by atoms with Gasteiger partial charge in [0, 0.05) is 29.7 Å². The van der Waals surface area contributed by atoms with Crippen molar-refractivity contribution in [2.75, 3.05) is 13.7 Å². The standard InChI is InChI=1S/C20H24N4O2/c1-14-20(15(2)26-22-14)18-5-4-11-23(18)13-19-21-10-12-24(19)16-6-8-17(25-3)9-7-16/h6-10,12,18H,4-5,11,13H2,1-3H3/t18-/m0/s1. The van der Waals surface area contributed by atoms with Crippen molar-refractivity contribution in [3.05, 3.63) is 59.5 Å². The molecule has 2 aromatic heterocycles. The van der Waals surface area contributed by atoms with Gasteiger partial charge in [0.2, 0.25) is 0 Å². The van der Waals surface area contributed by atoms with Gasteiger partial charge < -0.3 is 13.8 Å². The molecule has 0 aliphatic carbocycles. The second kappa shape index (κ2) is 6.96. The van der Waals surface area contributed by atoms with E-state index in [1.807, 2.05) is 38.4 Å². The highest BCUT2D eigenvalue weighted by Gasteiger charge is 2.31. The fraction of sp³-hybridized carbons (Fsp3) is 0.400. The Bertz CT molecular complexity index is 862. The Morgan fingerprint density at radius 3 is 2.73 bits per heavy atom. The van der Waals surface area contributed by atoms with Crippen molar-refractivity contribution in [1.82, 2.24) is 19.6 Å². The lowest BCUT2D eigenvalue weighted by atomic mass is 10.0. The first kappa shape index (κ1) is 16.8. The van der Waals surface area contributed by atoms with Crippen molar-refractivity contribution in [1.29, 1.82) is 0 Å². The van der Waals surface area contributed by atoms with Crippen molar-refractivity contribution in [3.63, 3.8) is 0 Å². The SMILES string of the molecule is COc1ccc(-n2ccnc2CN2CCC[C@H]2c2c(C)noc2C)cc1. The van der Waals surface area contributed by atoms with Gasteiger partial charge in [-0.1, -0.05) is 5.16 Å². The zero-order chi connectivity index (χ0) is 18.1. The molecule has 1 aliphatic rings. The zero-order valence-corrected chi connectivity index (χ0v) is 15.5. The number of aromatic nitrogens is 3. The molecule has 6 heteroatoms. The predicted octanol–water partition coefficient (Wildman–Crippen LogP) is 3.82. The lowest BCUT2D eigenvalue weighted by Crippen LogP contribution is -2.25. The summed E-state index contributed by atoms with van der Waals surface area (Å²) >= 11 is 0. The largest absolute Gasteiger partial charge is 0.497 e. The first-order valence-corrected chi connectivity index (χ1v) is 9.01. The van der Waals surface area contributed by atoms with Gasteiger partial charge in [-0.05, 0) is 57.5 Å². The third-order valence-electron chi connectivity index (χ3n) is 5.20. The number of hydrogen-bond acceptors (Lipinski definition) is 5. The number of aryl methyl sites for hydroxylation is 2. The number of ether oxygens (including phenoxy) is 1. The maximum Gasteiger partial charge on any atom is 0.138 e. The van der Waals surface area contributed by atoms with Gasteiger partial charge in [0.1, 0.15) is 17.3 Å². The lowest BCUT2D eigenvalue weighted by molar-refractivity contribution is 0.238. The molecule has 0 unspecified atom stereocenters. The van der Waals surface area contributed by atoms with Gasteiger partial charge in [0.05, 0.1) is 19.3 Å². The van der Waals surface area contributed by atoms with Crippen LogP contribution in [0.4, 0.5) is 0 Å². The summed E-state index contributed by atoms with van der Waals surface area (Å²) in [6, 6.07) is 8.41. The summed E-state index contributed by atoms with van der Waals surface area (Å²) in [5, 5.41) is 4.14. The summed E-state index contributed by atoms with van der Waals surface area (Å²) in [6.07, 6.45) is 6.18. The Balaban J connectivity index is 1.59. The Morgan fingerprint density at radius 2 is 2.04 bits per heavy atom. The molecule has 26 heavy (non-hydrogen) atoms. The van der Waals surface area contributed by atoms with Crippen LogP contribution in [0.25, 0.3) is 5.69 Å². The van der Waals surface area contributed by atoms with Crippen LogP contribution >= 0.6 is 0 Å². The van der Waals surface area contributed by atoms with Crippen LogP contribution in [0.1, 0.15) is 41.7 Å². The van der Waals surface area contributed by atoms with Crippen molar-refractivity contribution >= 4 is 0 Å². The number of methoxy groups -OCH3 is 1. The third kappa shape index (κ3) is 3.01. The number of nitrogens with zero attached hydrogens (tertiary/aromatic N) is 4. The average molecular weight is 352 g/mol. The minimum Gasteiger partial charge on any atom is -0.497 e. The quantitative estimate of drug-likeness (QED) is 0.699. The number of benzene rings is 1. The zero-order valence-electron chi connectivity index (χ0n) is 15.5. The van der Waals surface area contributed by atoms with E-state index >= 15 is 0 Å². The van der Waals surface area contributed by atoms with Crippen molar-refractivity contribution in [2.24, 2.45) is 0 Å². The maximum absolute atomic E-state index is 5.40.